The average molecular weight is 265 g/mol. The Bertz CT molecular complexity index is 636. The van der Waals surface area contributed by atoms with Crippen molar-refractivity contribution in [2.45, 2.75) is 0 Å². The Morgan fingerprint density at radius 3 is 2.42 bits per heavy atom. The lowest BCUT2D eigenvalue weighted by Gasteiger charge is -2.02. The third-order valence-electron chi connectivity index (χ3n) is 2.32. The number of aromatic hydroxyl groups is 2. The summed E-state index contributed by atoms with van der Waals surface area (Å²) < 4.78 is 0. The van der Waals surface area contributed by atoms with Crippen molar-refractivity contribution in [2.24, 2.45) is 0 Å². The van der Waals surface area contributed by atoms with Crippen molar-refractivity contribution in [3.05, 3.63) is 33.5 Å². The van der Waals surface area contributed by atoms with Crippen molar-refractivity contribution in [3.63, 3.8) is 0 Å². The molecule has 0 radical (unpaired) electrons. The summed E-state index contributed by atoms with van der Waals surface area (Å²) in [5.41, 5.74) is -0.754. The molecule has 98 valence electrons. The van der Waals surface area contributed by atoms with Crippen LogP contribution in [0.2, 0.25) is 0 Å². The van der Waals surface area contributed by atoms with E-state index in [1.54, 1.807) is 0 Å². The molecule has 1 aromatic rings. The first-order valence-electron chi connectivity index (χ1n) is 4.93. The van der Waals surface area contributed by atoms with Gasteiger partial charge < -0.3 is 15.5 Å². The molecule has 0 bridgehead atoms. The van der Waals surface area contributed by atoms with Crippen LogP contribution in [0.25, 0.3) is 6.08 Å². The van der Waals surface area contributed by atoms with Gasteiger partial charge >= 0.3 is 11.7 Å². The Hall–Kier alpha value is -3.10. The number of phenols is 2. The quantitative estimate of drug-likeness (QED) is 0.197. The van der Waals surface area contributed by atoms with E-state index in [1.165, 1.54) is 0 Å². The molecule has 19 heavy (non-hydrogen) atoms. The molecular weight excluding hydrogens is 258 g/mol. The number of nitrogens with zero attached hydrogens (tertiary/aromatic N) is 1. The number of urea groups is 1. The van der Waals surface area contributed by atoms with Crippen LogP contribution in [0.15, 0.2) is 17.8 Å². The summed E-state index contributed by atoms with van der Waals surface area (Å²) in [7, 11) is 0. The largest absolute Gasteiger partial charge is 0.504 e. The summed E-state index contributed by atoms with van der Waals surface area (Å²) in [6.45, 7) is 0. The molecule has 1 aliphatic rings. The van der Waals surface area contributed by atoms with Gasteiger partial charge in [0.1, 0.15) is 5.70 Å². The van der Waals surface area contributed by atoms with E-state index in [-0.39, 0.29) is 11.3 Å². The molecule has 1 heterocycles. The fourth-order valence-corrected chi connectivity index (χ4v) is 1.50. The number of phenolic OH excluding ortho intramolecular Hbond substituents is 2. The predicted molar refractivity (Wildman–Crippen MR) is 61.1 cm³/mol. The minimum atomic E-state index is -0.885. The highest BCUT2D eigenvalue weighted by atomic mass is 16.6. The molecule has 9 heteroatoms. The Morgan fingerprint density at radius 1 is 1.21 bits per heavy atom. The average Bonchev–Trinajstić information content (AvgIpc) is 2.62. The van der Waals surface area contributed by atoms with E-state index >= 15 is 0 Å². The highest BCUT2D eigenvalue weighted by Crippen LogP contribution is 2.36. The van der Waals surface area contributed by atoms with Crippen molar-refractivity contribution in [1.82, 2.24) is 10.6 Å². The number of hydrogen-bond donors (Lipinski definition) is 4. The van der Waals surface area contributed by atoms with Gasteiger partial charge in [-0.15, -0.1) is 0 Å². The normalized spacial score (nSPS) is 16.3. The molecule has 0 aliphatic carbocycles. The van der Waals surface area contributed by atoms with Crippen LogP contribution < -0.4 is 10.6 Å². The number of carbonyl (C=O) groups excluding carboxylic acids is 2. The molecule has 1 aliphatic heterocycles. The van der Waals surface area contributed by atoms with Crippen molar-refractivity contribution in [3.8, 4) is 11.5 Å². The van der Waals surface area contributed by atoms with Gasteiger partial charge in [0.05, 0.1) is 4.92 Å². The number of nitro groups is 1. The second-order valence-corrected chi connectivity index (χ2v) is 3.63. The standard InChI is InChI=1S/C10H7N3O6/c14-7-3-4(2-6(8(7)15)13(18)19)1-5-9(16)12-10(17)11-5/h1-3,14-15H,(H2,11,12,16,17). The molecule has 2 rings (SSSR count). The number of hydrogen-bond acceptors (Lipinski definition) is 6. The third-order valence-corrected chi connectivity index (χ3v) is 2.32. The minimum absolute atomic E-state index is 0.0781. The van der Waals surface area contributed by atoms with Crippen LogP contribution in [-0.2, 0) is 4.79 Å². The highest BCUT2D eigenvalue weighted by molar-refractivity contribution is 6.14. The summed E-state index contributed by atoms with van der Waals surface area (Å²) in [6.07, 6.45) is 1.13. The van der Waals surface area contributed by atoms with Gasteiger partial charge in [-0.2, -0.15) is 0 Å². The number of rotatable bonds is 2. The molecule has 3 amide bonds. The zero-order chi connectivity index (χ0) is 14.2. The van der Waals surface area contributed by atoms with Crippen LogP contribution >= 0.6 is 0 Å². The van der Waals surface area contributed by atoms with Gasteiger partial charge in [0.25, 0.3) is 5.91 Å². The van der Waals surface area contributed by atoms with E-state index in [9.17, 15) is 29.9 Å². The summed E-state index contributed by atoms with van der Waals surface area (Å²) in [5.74, 6) is -2.27. The molecular formula is C10H7N3O6. The Morgan fingerprint density at radius 2 is 1.89 bits per heavy atom. The Kier molecular flexibility index (Phi) is 2.79. The van der Waals surface area contributed by atoms with Gasteiger partial charge in [-0.1, -0.05) is 0 Å². The number of imide groups is 1. The van der Waals surface area contributed by atoms with Gasteiger partial charge in [-0.05, 0) is 17.7 Å². The summed E-state index contributed by atoms with van der Waals surface area (Å²) in [5, 5.41) is 33.4. The first kappa shape index (κ1) is 12.4. The highest BCUT2D eigenvalue weighted by Gasteiger charge is 2.24. The number of carbonyl (C=O) groups is 2. The van der Waals surface area contributed by atoms with Crippen molar-refractivity contribution in [2.75, 3.05) is 0 Å². The molecule has 0 unspecified atom stereocenters. The van der Waals surface area contributed by atoms with Gasteiger partial charge in [0.2, 0.25) is 5.75 Å². The number of nitrogens with one attached hydrogen (secondary N) is 2. The fraction of sp³-hybridized carbons (Fsp3) is 0. The van der Waals surface area contributed by atoms with Crippen LogP contribution in [-0.4, -0.2) is 27.1 Å². The van der Waals surface area contributed by atoms with E-state index in [2.05, 4.69) is 5.32 Å². The third kappa shape index (κ3) is 2.29. The Labute approximate surface area is 105 Å². The van der Waals surface area contributed by atoms with E-state index in [1.807, 2.05) is 5.32 Å². The fourth-order valence-electron chi connectivity index (χ4n) is 1.50. The Balaban J connectivity index is 2.47. The van der Waals surface area contributed by atoms with Crippen LogP contribution in [0.5, 0.6) is 11.5 Å². The van der Waals surface area contributed by atoms with Crippen LogP contribution in [0.4, 0.5) is 10.5 Å². The van der Waals surface area contributed by atoms with Crippen LogP contribution in [0.1, 0.15) is 5.56 Å². The van der Waals surface area contributed by atoms with Crippen LogP contribution in [0.3, 0.4) is 0 Å². The zero-order valence-electron chi connectivity index (χ0n) is 9.21. The zero-order valence-corrected chi connectivity index (χ0v) is 9.21. The maximum atomic E-state index is 11.3. The molecule has 1 fully saturated rings. The molecule has 4 N–H and O–H groups in total. The van der Waals surface area contributed by atoms with Crippen molar-refractivity contribution in [1.29, 1.82) is 0 Å². The van der Waals surface area contributed by atoms with Crippen LogP contribution in [0, 0.1) is 10.1 Å². The van der Waals surface area contributed by atoms with E-state index in [0.717, 1.165) is 18.2 Å². The number of benzene rings is 1. The van der Waals surface area contributed by atoms with Gasteiger partial charge in [-0.3, -0.25) is 20.2 Å². The molecule has 0 spiro atoms. The monoisotopic (exact) mass is 265 g/mol. The summed E-state index contributed by atoms with van der Waals surface area (Å²) in [6, 6.07) is 1.26. The summed E-state index contributed by atoms with van der Waals surface area (Å²) >= 11 is 0. The van der Waals surface area contributed by atoms with Crippen molar-refractivity contribution >= 4 is 23.7 Å². The maximum Gasteiger partial charge on any atom is 0.326 e. The topological polar surface area (TPSA) is 142 Å². The van der Waals surface area contributed by atoms with E-state index < -0.39 is 34.0 Å². The lowest BCUT2D eigenvalue weighted by atomic mass is 10.1. The van der Waals surface area contributed by atoms with E-state index in [0.29, 0.717) is 0 Å². The molecule has 1 saturated heterocycles. The first-order valence-corrected chi connectivity index (χ1v) is 4.93. The number of amides is 3. The van der Waals surface area contributed by atoms with Gasteiger partial charge in [0, 0.05) is 6.07 Å². The lowest BCUT2D eigenvalue weighted by molar-refractivity contribution is -0.386. The molecule has 0 atom stereocenters. The molecule has 0 saturated carbocycles. The smallest absolute Gasteiger partial charge is 0.326 e. The minimum Gasteiger partial charge on any atom is -0.504 e. The second-order valence-electron chi connectivity index (χ2n) is 3.63. The SMILES string of the molecule is O=C1NC(=O)C(=Cc2cc(O)c(O)c([N+](=O)[O-])c2)N1. The van der Waals surface area contributed by atoms with Crippen molar-refractivity contribution < 1.29 is 24.7 Å². The predicted octanol–water partition coefficient (Wildman–Crippen LogP) is 0.186. The van der Waals surface area contributed by atoms with Gasteiger partial charge in [-0.25, -0.2) is 4.79 Å². The molecule has 0 aromatic heterocycles. The van der Waals surface area contributed by atoms with Gasteiger partial charge in [0.15, 0.2) is 5.75 Å². The molecule has 1 aromatic carbocycles. The first-order chi connectivity index (χ1) is 8.88. The lowest BCUT2D eigenvalue weighted by Crippen LogP contribution is -2.22. The van der Waals surface area contributed by atoms with E-state index in [4.69, 9.17) is 0 Å². The summed E-state index contributed by atoms with van der Waals surface area (Å²) in [4.78, 5) is 31.9. The molecule has 9 nitrogen and oxygen atoms in total. The number of nitro benzene ring substituents is 1. The maximum absolute atomic E-state index is 11.3. The second kappa shape index (κ2) is 4.29.